The summed E-state index contributed by atoms with van der Waals surface area (Å²) >= 11 is 0. The summed E-state index contributed by atoms with van der Waals surface area (Å²) in [6.45, 7) is -0.468. The van der Waals surface area contributed by atoms with E-state index < -0.39 is 36.5 Å². The number of rotatable bonds is 6. The van der Waals surface area contributed by atoms with E-state index in [1.807, 2.05) is 0 Å². The van der Waals surface area contributed by atoms with Gasteiger partial charge in [-0.15, -0.1) is 0 Å². The second-order valence-electron chi connectivity index (χ2n) is 4.79. The highest BCUT2D eigenvalue weighted by atomic mass is 16.7. The van der Waals surface area contributed by atoms with E-state index >= 15 is 0 Å². The Morgan fingerprint density at radius 3 is 2.86 bits per heavy atom. The lowest BCUT2D eigenvalue weighted by molar-refractivity contribution is -0.281. The van der Waals surface area contributed by atoms with E-state index in [1.165, 1.54) is 19.4 Å². The lowest BCUT2D eigenvalue weighted by atomic mass is 10.1. The number of nitrogens with zero attached hydrogens (tertiary/aromatic N) is 2. The van der Waals surface area contributed by atoms with Crippen LogP contribution in [0.15, 0.2) is 17.1 Å². The third-order valence-electron chi connectivity index (χ3n) is 3.34. The number of ether oxygens (including phenoxy) is 3. The third kappa shape index (κ3) is 2.97. The summed E-state index contributed by atoms with van der Waals surface area (Å²) in [5.74, 6) is -2.24. The van der Waals surface area contributed by atoms with E-state index in [0.717, 1.165) is 4.57 Å². The fraction of sp³-hybridized carbons (Fsp3) is 0.667. The van der Waals surface area contributed by atoms with E-state index in [0.29, 0.717) is 0 Å². The van der Waals surface area contributed by atoms with Crippen molar-refractivity contribution in [2.75, 3.05) is 32.7 Å². The number of hydrogen-bond acceptors (Lipinski definition) is 9. The summed E-state index contributed by atoms with van der Waals surface area (Å²) in [5.41, 5.74) is 4.62. The minimum absolute atomic E-state index is 0.00217. The quantitative estimate of drug-likeness (QED) is 0.328. The largest absolute Gasteiger partial charge is 0.394 e. The SMILES string of the molecule is COCCO[C@@]1(O)[C@H](O)[C@@H](CO)O[C@H]1n1ccc(N)nc1=O. The Morgan fingerprint density at radius 1 is 1.55 bits per heavy atom. The molecule has 0 aliphatic carbocycles. The molecule has 0 bridgehead atoms. The zero-order valence-corrected chi connectivity index (χ0v) is 12.0. The molecule has 0 radical (unpaired) electrons. The summed E-state index contributed by atoms with van der Waals surface area (Å²) in [7, 11) is 1.44. The van der Waals surface area contributed by atoms with Gasteiger partial charge in [0, 0.05) is 13.3 Å². The summed E-state index contributed by atoms with van der Waals surface area (Å²) in [4.78, 5) is 15.4. The fourth-order valence-electron chi connectivity index (χ4n) is 2.21. The summed E-state index contributed by atoms with van der Waals surface area (Å²) in [6.07, 6.45) is -2.82. The van der Waals surface area contributed by atoms with Crippen molar-refractivity contribution >= 4 is 5.82 Å². The van der Waals surface area contributed by atoms with Gasteiger partial charge < -0.3 is 35.3 Å². The Hall–Kier alpha value is -1.56. The fourth-order valence-corrected chi connectivity index (χ4v) is 2.21. The average Bonchev–Trinajstić information content (AvgIpc) is 2.72. The van der Waals surface area contributed by atoms with E-state index in [9.17, 15) is 20.1 Å². The van der Waals surface area contributed by atoms with Crippen molar-refractivity contribution in [2.45, 2.75) is 24.2 Å². The van der Waals surface area contributed by atoms with Gasteiger partial charge in [-0.1, -0.05) is 0 Å². The van der Waals surface area contributed by atoms with Gasteiger partial charge >= 0.3 is 5.69 Å². The highest BCUT2D eigenvalue weighted by Crippen LogP contribution is 2.38. The van der Waals surface area contributed by atoms with Crippen molar-refractivity contribution in [1.82, 2.24) is 9.55 Å². The molecule has 1 fully saturated rings. The number of aromatic nitrogens is 2. The number of nitrogens with two attached hydrogens (primary N) is 1. The molecule has 1 aliphatic heterocycles. The molecule has 0 spiro atoms. The molecule has 4 atom stereocenters. The number of hydrogen-bond donors (Lipinski definition) is 4. The van der Waals surface area contributed by atoms with Crippen molar-refractivity contribution in [3.8, 4) is 0 Å². The van der Waals surface area contributed by atoms with Crippen LogP contribution in [0.2, 0.25) is 0 Å². The topological polar surface area (TPSA) is 149 Å². The standard InChI is InChI=1S/C12H19N3O7/c1-20-4-5-21-12(19)9(17)7(6-16)22-10(12)15-3-2-8(13)14-11(15)18/h2-3,7,9-10,16-17,19H,4-6H2,1H3,(H2,13,14,18)/t7-,9-,10-,12+/m1/s1. The monoisotopic (exact) mass is 317 g/mol. The first kappa shape index (κ1) is 16.8. The minimum Gasteiger partial charge on any atom is -0.394 e. The molecular formula is C12H19N3O7. The first-order valence-corrected chi connectivity index (χ1v) is 6.58. The molecule has 1 aliphatic rings. The smallest absolute Gasteiger partial charge is 0.351 e. The van der Waals surface area contributed by atoms with Gasteiger partial charge in [0.05, 0.1) is 19.8 Å². The normalized spacial score (nSPS) is 31.5. The maximum atomic E-state index is 11.9. The molecule has 1 aromatic rings. The van der Waals surface area contributed by atoms with Crippen LogP contribution in [0.25, 0.3) is 0 Å². The van der Waals surface area contributed by atoms with Gasteiger partial charge in [0.2, 0.25) is 5.79 Å². The number of aliphatic hydroxyl groups excluding tert-OH is 2. The maximum Gasteiger partial charge on any atom is 0.351 e. The number of nitrogen functional groups attached to an aromatic ring is 1. The molecular weight excluding hydrogens is 298 g/mol. The predicted octanol–water partition coefficient (Wildman–Crippen LogP) is -2.57. The molecule has 124 valence electrons. The van der Waals surface area contributed by atoms with Crippen LogP contribution in [-0.2, 0) is 14.2 Å². The van der Waals surface area contributed by atoms with Crippen LogP contribution in [-0.4, -0.2) is 69.8 Å². The first-order chi connectivity index (χ1) is 10.4. The molecule has 0 amide bonds. The predicted molar refractivity (Wildman–Crippen MR) is 72.7 cm³/mol. The molecule has 1 aromatic heterocycles. The zero-order valence-electron chi connectivity index (χ0n) is 12.0. The van der Waals surface area contributed by atoms with Crippen LogP contribution < -0.4 is 11.4 Å². The van der Waals surface area contributed by atoms with Crippen molar-refractivity contribution < 1.29 is 29.5 Å². The van der Waals surface area contributed by atoms with Gasteiger partial charge in [0.25, 0.3) is 0 Å². The third-order valence-corrected chi connectivity index (χ3v) is 3.34. The Balaban J connectivity index is 2.35. The first-order valence-electron chi connectivity index (χ1n) is 6.58. The zero-order chi connectivity index (χ0) is 16.3. The summed E-state index contributed by atoms with van der Waals surface area (Å²) in [5, 5.41) is 30.0. The molecule has 1 saturated heterocycles. The van der Waals surface area contributed by atoms with Crippen molar-refractivity contribution in [3.63, 3.8) is 0 Å². The number of aliphatic hydroxyl groups is 3. The van der Waals surface area contributed by atoms with Gasteiger partial charge in [0.1, 0.15) is 18.0 Å². The van der Waals surface area contributed by atoms with Gasteiger partial charge in [-0.2, -0.15) is 4.98 Å². The second-order valence-corrected chi connectivity index (χ2v) is 4.79. The highest BCUT2D eigenvalue weighted by Gasteiger charge is 2.57. The van der Waals surface area contributed by atoms with Gasteiger partial charge in [-0.05, 0) is 6.07 Å². The van der Waals surface area contributed by atoms with E-state index in [4.69, 9.17) is 19.9 Å². The van der Waals surface area contributed by atoms with Crippen LogP contribution in [0.4, 0.5) is 5.82 Å². The van der Waals surface area contributed by atoms with Crippen LogP contribution >= 0.6 is 0 Å². The lowest BCUT2D eigenvalue weighted by Gasteiger charge is -2.31. The molecule has 10 heteroatoms. The Bertz CT molecular complexity index is 566. The molecule has 5 N–H and O–H groups in total. The van der Waals surface area contributed by atoms with Crippen LogP contribution in [0, 0.1) is 0 Å². The molecule has 0 saturated carbocycles. The van der Waals surface area contributed by atoms with Gasteiger partial charge in [0.15, 0.2) is 6.23 Å². The van der Waals surface area contributed by atoms with Crippen LogP contribution in [0.1, 0.15) is 6.23 Å². The van der Waals surface area contributed by atoms with Crippen molar-refractivity contribution in [1.29, 1.82) is 0 Å². The molecule has 0 unspecified atom stereocenters. The highest BCUT2D eigenvalue weighted by molar-refractivity contribution is 5.23. The molecule has 0 aromatic carbocycles. The maximum absolute atomic E-state index is 11.9. The van der Waals surface area contributed by atoms with E-state index in [2.05, 4.69) is 4.98 Å². The second kappa shape index (κ2) is 6.69. The average molecular weight is 317 g/mol. The Kier molecular flexibility index (Phi) is 5.11. The van der Waals surface area contributed by atoms with Crippen molar-refractivity contribution in [2.24, 2.45) is 0 Å². The Morgan fingerprint density at radius 2 is 2.27 bits per heavy atom. The molecule has 22 heavy (non-hydrogen) atoms. The number of methoxy groups -OCH3 is 1. The van der Waals surface area contributed by atoms with Gasteiger partial charge in [-0.25, -0.2) is 4.79 Å². The Labute approximate surface area is 125 Å². The summed E-state index contributed by atoms with van der Waals surface area (Å²) < 4.78 is 16.3. The molecule has 2 rings (SSSR count). The molecule has 10 nitrogen and oxygen atoms in total. The minimum atomic E-state index is -2.24. The van der Waals surface area contributed by atoms with Gasteiger partial charge in [-0.3, -0.25) is 4.57 Å². The van der Waals surface area contributed by atoms with E-state index in [1.54, 1.807) is 0 Å². The van der Waals surface area contributed by atoms with Crippen LogP contribution in [0.5, 0.6) is 0 Å². The summed E-state index contributed by atoms with van der Waals surface area (Å²) in [6, 6.07) is 1.33. The number of anilines is 1. The molecule has 2 heterocycles. The van der Waals surface area contributed by atoms with Crippen LogP contribution in [0.3, 0.4) is 0 Å². The lowest BCUT2D eigenvalue weighted by Crippen LogP contribution is -2.51. The van der Waals surface area contributed by atoms with E-state index in [-0.39, 0.29) is 19.0 Å². The van der Waals surface area contributed by atoms with Crippen molar-refractivity contribution in [3.05, 3.63) is 22.7 Å².